The van der Waals surface area contributed by atoms with Crippen molar-refractivity contribution in [3.8, 4) is 0 Å². The lowest BCUT2D eigenvalue weighted by Crippen LogP contribution is -1.97. The summed E-state index contributed by atoms with van der Waals surface area (Å²) in [6.07, 6.45) is 3.37. The van der Waals surface area contributed by atoms with Gasteiger partial charge in [0, 0.05) is 18.4 Å². The van der Waals surface area contributed by atoms with Crippen LogP contribution in [0.1, 0.15) is 5.56 Å². The second kappa shape index (κ2) is 3.75. The van der Waals surface area contributed by atoms with E-state index in [-0.39, 0.29) is 0 Å². The van der Waals surface area contributed by atoms with Gasteiger partial charge in [-0.3, -0.25) is 4.57 Å². The molecule has 0 spiro atoms. The van der Waals surface area contributed by atoms with Gasteiger partial charge in [-0.05, 0) is 6.07 Å². The minimum atomic E-state index is 0.430. The fourth-order valence-electron chi connectivity index (χ4n) is 0.975. The summed E-state index contributed by atoms with van der Waals surface area (Å²) in [5.41, 5.74) is 6.67. The number of hydrogen-bond acceptors (Lipinski definition) is 5. The summed E-state index contributed by atoms with van der Waals surface area (Å²) in [5.74, 6) is 1.24. The Morgan fingerprint density at radius 3 is 3.00 bits per heavy atom. The molecule has 74 valence electrons. The molecule has 0 saturated carbocycles. The molecule has 2 N–H and O–H groups in total. The van der Waals surface area contributed by atoms with Crippen LogP contribution in [-0.2, 0) is 12.8 Å². The van der Waals surface area contributed by atoms with Gasteiger partial charge in [0.2, 0.25) is 5.95 Å². The van der Waals surface area contributed by atoms with Crippen LogP contribution >= 0.6 is 11.8 Å². The van der Waals surface area contributed by atoms with E-state index in [0.717, 1.165) is 16.5 Å². The molecule has 2 aromatic rings. The normalized spacial score (nSPS) is 10.6. The fraction of sp³-hybridized carbons (Fsp3) is 0.250. The average molecular weight is 210 g/mol. The SMILES string of the molecule is Cn1c(N)nnc1SCc1ccoc1. The monoisotopic (exact) mass is 210 g/mol. The summed E-state index contributed by atoms with van der Waals surface area (Å²) >= 11 is 1.57. The number of thioether (sulfide) groups is 1. The predicted octanol–water partition coefficient (Wildman–Crippen LogP) is 1.28. The minimum absolute atomic E-state index is 0.430. The van der Waals surface area contributed by atoms with Gasteiger partial charge in [0.15, 0.2) is 5.16 Å². The van der Waals surface area contributed by atoms with Crippen LogP contribution in [0.3, 0.4) is 0 Å². The van der Waals surface area contributed by atoms with E-state index in [1.807, 2.05) is 13.1 Å². The quantitative estimate of drug-likeness (QED) is 0.773. The maximum Gasteiger partial charge on any atom is 0.222 e. The van der Waals surface area contributed by atoms with E-state index in [9.17, 15) is 0 Å². The molecule has 0 aliphatic heterocycles. The Labute approximate surface area is 85.3 Å². The highest BCUT2D eigenvalue weighted by Gasteiger charge is 2.06. The van der Waals surface area contributed by atoms with Crippen LogP contribution < -0.4 is 5.73 Å². The van der Waals surface area contributed by atoms with Gasteiger partial charge in [0.25, 0.3) is 0 Å². The summed E-state index contributed by atoms with van der Waals surface area (Å²) < 4.78 is 6.71. The fourth-order valence-corrected chi connectivity index (χ4v) is 1.82. The lowest BCUT2D eigenvalue weighted by molar-refractivity contribution is 0.565. The average Bonchev–Trinajstić information content (AvgIpc) is 2.77. The Hall–Kier alpha value is -1.43. The van der Waals surface area contributed by atoms with Crippen molar-refractivity contribution in [2.24, 2.45) is 7.05 Å². The molecular weight excluding hydrogens is 200 g/mol. The van der Waals surface area contributed by atoms with Gasteiger partial charge in [-0.1, -0.05) is 11.8 Å². The van der Waals surface area contributed by atoms with Crippen LogP contribution in [0.5, 0.6) is 0 Å². The number of nitrogens with two attached hydrogens (primary N) is 1. The van der Waals surface area contributed by atoms with Gasteiger partial charge in [-0.15, -0.1) is 10.2 Å². The third-order valence-electron chi connectivity index (χ3n) is 1.82. The first kappa shape index (κ1) is 9.14. The zero-order chi connectivity index (χ0) is 9.97. The molecule has 0 amide bonds. The van der Waals surface area contributed by atoms with Crippen molar-refractivity contribution in [3.63, 3.8) is 0 Å². The zero-order valence-corrected chi connectivity index (χ0v) is 8.49. The molecule has 2 heterocycles. The molecule has 0 aliphatic rings. The van der Waals surface area contributed by atoms with Crippen molar-refractivity contribution in [3.05, 3.63) is 24.2 Å². The number of aromatic nitrogens is 3. The summed E-state index contributed by atoms with van der Waals surface area (Å²) in [6.45, 7) is 0. The lowest BCUT2D eigenvalue weighted by atomic mass is 10.4. The van der Waals surface area contributed by atoms with Crippen LogP contribution in [0.4, 0.5) is 5.95 Å². The topological polar surface area (TPSA) is 69.9 Å². The van der Waals surface area contributed by atoms with Gasteiger partial charge in [-0.2, -0.15) is 0 Å². The molecule has 0 atom stereocenters. The van der Waals surface area contributed by atoms with Gasteiger partial charge >= 0.3 is 0 Å². The van der Waals surface area contributed by atoms with E-state index >= 15 is 0 Å². The largest absolute Gasteiger partial charge is 0.472 e. The molecule has 2 rings (SSSR count). The molecule has 6 heteroatoms. The molecule has 0 radical (unpaired) electrons. The van der Waals surface area contributed by atoms with E-state index < -0.39 is 0 Å². The number of hydrogen-bond donors (Lipinski definition) is 1. The lowest BCUT2D eigenvalue weighted by Gasteiger charge is -1.98. The molecular formula is C8H10N4OS. The van der Waals surface area contributed by atoms with Crippen LogP contribution in [0.25, 0.3) is 0 Å². The van der Waals surface area contributed by atoms with Gasteiger partial charge in [-0.25, -0.2) is 0 Å². The van der Waals surface area contributed by atoms with Crippen LogP contribution in [0.2, 0.25) is 0 Å². The second-order valence-electron chi connectivity index (χ2n) is 2.82. The summed E-state index contributed by atoms with van der Waals surface area (Å²) in [5, 5.41) is 8.51. The Bertz CT molecular complexity index is 409. The number of anilines is 1. The van der Waals surface area contributed by atoms with E-state index in [4.69, 9.17) is 10.2 Å². The van der Waals surface area contributed by atoms with E-state index in [0.29, 0.717) is 5.95 Å². The molecule has 0 unspecified atom stereocenters. The van der Waals surface area contributed by atoms with Gasteiger partial charge in [0.05, 0.1) is 12.5 Å². The smallest absolute Gasteiger partial charge is 0.222 e. The van der Waals surface area contributed by atoms with Crippen molar-refractivity contribution in [1.82, 2.24) is 14.8 Å². The van der Waals surface area contributed by atoms with Gasteiger partial charge < -0.3 is 10.2 Å². The molecule has 0 aliphatic carbocycles. The number of nitrogen functional groups attached to an aromatic ring is 1. The Morgan fingerprint density at radius 1 is 1.57 bits per heavy atom. The summed E-state index contributed by atoms with van der Waals surface area (Å²) in [4.78, 5) is 0. The van der Waals surface area contributed by atoms with Crippen LogP contribution in [-0.4, -0.2) is 14.8 Å². The Balaban J connectivity index is 2.02. The zero-order valence-electron chi connectivity index (χ0n) is 7.67. The Morgan fingerprint density at radius 2 is 2.43 bits per heavy atom. The maximum atomic E-state index is 5.55. The maximum absolute atomic E-state index is 5.55. The van der Waals surface area contributed by atoms with E-state index in [1.165, 1.54) is 0 Å². The second-order valence-corrected chi connectivity index (χ2v) is 3.76. The standard InChI is InChI=1S/C8H10N4OS/c1-12-7(9)10-11-8(12)14-5-6-2-3-13-4-6/h2-4H,5H2,1H3,(H2,9,10). The highest BCUT2D eigenvalue weighted by atomic mass is 32.2. The van der Waals surface area contributed by atoms with Gasteiger partial charge in [0.1, 0.15) is 0 Å². The van der Waals surface area contributed by atoms with Crippen molar-refractivity contribution in [2.75, 3.05) is 5.73 Å². The van der Waals surface area contributed by atoms with E-state index in [1.54, 1.807) is 28.9 Å². The van der Waals surface area contributed by atoms with Crippen LogP contribution in [0.15, 0.2) is 28.2 Å². The molecule has 0 saturated heterocycles. The highest BCUT2D eigenvalue weighted by Crippen LogP contribution is 2.21. The molecule has 5 nitrogen and oxygen atoms in total. The van der Waals surface area contributed by atoms with Crippen molar-refractivity contribution >= 4 is 17.7 Å². The number of rotatable bonds is 3. The third kappa shape index (κ3) is 1.74. The predicted molar refractivity (Wildman–Crippen MR) is 53.7 cm³/mol. The van der Waals surface area contributed by atoms with Crippen molar-refractivity contribution < 1.29 is 4.42 Å². The molecule has 2 aromatic heterocycles. The molecule has 14 heavy (non-hydrogen) atoms. The molecule has 0 bridgehead atoms. The third-order valence-corrected chi connectivity index (χ3v) is 2.91. The highest BCUT2D eigenvalue weighted by molar-refractivity contribution is 7.98. The van der Waals surface area contributed by atoms with Crippen molar-refractivity contribution in [2.45, 2.75) is 10.9 Å². The number of furan rings is 1. The summed E-state index contributed by atoms with van der Waals surface area (Å²) in [6, 6.07) is 1.92. The first-order valence-corrected chi connectivity index (χ1v) is 5.04. The minimum Gasteiger partial charge on any atom is -0.472 e. The summed E-state index contributed by atoms with van der Waals surface area (Å²) in [7, 11) is 1.84. The number of nitrogens with zero attached hydrogens (tertiary/aromatic N) is 3. The van der Waals surface area contributed by atoms with E-state index in [2.05, 4.69) is 10.2 Å². The molecule has 0 aromatic carbocycles. The Kier molecular flexibility index (Phi) is 2.45. The van der Waals surface area contributed by atoms with Crippen LogP contribution in [0, 0.1) is 0 Å². The first-order chi connectivity index (χ1) is 6.77. The van der Waals surface area contributed by atoms with Crippen molar-refractivity contribution in [1.29, 1.82) is 0 Å². The molecule has 0 fully saturated rings. The first-order valence-electron chi connectivity index (χ1n) is 4.06.